The molecule has 1 aromatic rings. The third-order valence-corrected chi connectivity index (χ3v) is 4.38. The zero-order valence-electron chi connectivity index (χ0n) is 12.3. The lowest BCUT2D eigenvalue weighted by Gasteiger charge is -2.40. The molecule has 2 aliphatic rings. The Labute approximate surface area is 125 Å². The minimum absolute atomic E-state index is 0.00213. The molecule has 1 spiro atoms. The number of nitrogens with zero attached hydrogens (tertiary/aromatic N) is 1. The summed E-state index contributed by atoms with van der Waals surface area (Å²) < 4.78 is 11.5. The maximum Gasteiger partial charge on any atom is 0.190 e. The second kappa shape index (κ2) is 5.64. The maximum absolute atomic E-state index is 7.09. The molecule has 1 aromatic carbocycles. The Morgan fingerprint density at radius 2 is 2.14 bits per heavy atom. The van der Waals surface area contributed by atoms with E-state index in [0.717, 1.165) is 30.5 Å². The molecular weight excluding hydrogens is 266 g/mol. The molecule has 21 heavy (non-hydrogen) atoms. The van der Waals surface area contributed by atoms with E-state index in [1.165, 1.54) is 0 Å². The molecule has 5 nitrogen and oxygen atoms in total. The monoisotopic (exact) mass is 287 g/mol. The minimum atomic E-state index is -0.443. The van der Waals surface area contributed by atoms with Gasteiger partial charge in [-0.05, 0) is 31.0 Å². The summed E-state index contributed by atoms with van der Waals surface area (Å²) in [5.74, 6) is -0.443. The number of hydrogen-bond acceptors (Lipinski definition) is 4. The highest BCUT2D eigenvalue weighted by Crippen LogP contribution is 2.36. The van der Waals surface area contributed by atoms with E-state index in [1.54, 1.807) is 0 Å². The minimum Gasteiger partial charge on any atom is -0.381 e. The molecule has 0 bridgehead atoms. The van der Waals surface area contributed by atoms with Crippen LogP contribution in [0, 0.1) is 13.5 Å². The van der Waals surface area contributed by atoms with Crippen molar-refractivity contribution >= 4 is 11.4 Å². The van der Waals surface area contributed by atoms with Crippen molar-refractivity contribution in [1.29, 1.82) is 0 Å². The molecule has 0 radical (unpaired) electrons. The highest BCUT2D eigenvalue weighted by molar-refractivity contribution is 5.60. The van der Waals surface area contributed by atoms with Crippen LogP contribution in [0.1, 0.15) is 24.8 Å². The van der Waals surface area contributed by atoms with Crippen LogP contribution in [0.5, 0.6) is 0 Å². The Bertz CT molecular complexity index is 561. The Hall–Kier alpha value is -1.61. The molecule has 1 heterocycles. The Morgan fingerprint density at radius 3 is 2.76 bits per heavy atom. The predicted molar refractivity (Wildman–Crippen MR) is 81.3 cm³/mol. The average Bonchev–Trinajstić information content (AvgIpc) is 2.91. The number of aryl methyl sites for hydroxylation is 1. The summed E-state index contributed by atoms with van der Waals surface area (Å²) in [6.45, 7) is 10.4. The fourth-order valence-electron chi connectivity index (χ4n) is 3.22. The van der Waals surface area contributed by atoms with E-state index in [-0.39, 0.29) is 12.1 Å². The predicted octanol–water partition coefficient (Wildman–Crippen LogP) is 2.58. The van der Waals surface area contributed by atoms with E-state index >= 15 is 0 Å². The Kier molecular flexibility index (Phi) is 3.85. The van der Waals surface area contributed by atoms with Gasteiger partial charge in [-0.1, -0.05) is 6.07 Å². The SMILES string of the molecule is [C-]#[N+]c1ccc(NC2CCC3(CC2N)OCCO3)cc1C. The second-order valence-electron chi connectivity index (χ2n) is 5.88. The Balaban J connectivity index is 1.66. The first-order chi connectivity index (χ1) is 10.1. The summed E-state index contributed by atoms with van der Waals surface area (Å²) in [6.07, 6.45) is 2.52. The van der Waals surface area contributed by atoms with Crippen molar-refractivity contribution in [3.8, 4) is 0 Å². The average molecular weight is 287 g/mol. The first-order valence-corrected chi connectivity index (χ1v) is 7.40. The maximum atomic E-state index is 7.09. The number of ether oxygens (including phenoxy) is 2. The van der Waals surface area contributed by atoms with Gasteiger partial charge in [0.25, 0.3) is 0 Å². The van der Waals surface area contributed by atoms with Crippen LogP contribution in [-0.4, -0.2) is 31.1 Å². The number of nitrogens with one attached hydrogen (secondary N) is 1. The van der Waals surface area contributed by atoms with Gasteiger partial charge in [0.1, 0.15) is 0 Å². The van der Waals surface area contributed by atoms with Gasteiger partial charge < -0.3 is 20.5 Å². The standard InChI is InChI=1S/C16H21N3O2/c1-11-9-12(3-4-14(11)18-2)19-15-5-6-16(10-13(15)17)20-7-8-21-16/h3-4,9,13,15,19H,5-8,10,17H2,1H3. The summed E-state index contributed by atoms with van der Waals surface area (Å²) in [5, 5.41) is 3.49. The topological polar surface area (TPSA) is 60.9 Å². The van der Waals surface area contributed by atoms with Crippen molar-refractivity contribution in [1.82, 2.24) is 0 Å². The molecule has 112 valence electrons. The molecule has 1 aliphatic heterocycles. The zero-order valence-corrected chi connectivity index (χ0v) is 12.3. The van der Waals surface area contributed by atoms with Crippen LogP contribution in [0.2, 0.25) is 0 Å². The number of anilines is 1. The lowest BCUT2D eigenvalue weighted by Crippen LogP contribution is -2.52. The largest absolute Gasteiger partial charge is 0.381 e. The van der Waals surface area contributed by atoms with Crippen LogP contribution >= 0.6 is 0 Å². The van der Waals surface area contributed by atoms with Gasteiger partial charge in [0.15, 0.2) is 11.5 Å². The summed E-state index contributed by atoms with van der Waals surface area (Å²) in [6, 6.07) is 6.01. The zero-order chi connectivity index (χ0) is 14.9. The molecule has 1 saturated carbocycles. The van der Waals surface area contributed by atoms with Crippen LogP contribution in [-0.2, 0) is 9.47 Å². The highest BCUT2D eigenvalue weighted by atomic mass is 16.7. The van der Waals surface area contributed by atoms with Gasteiger partial charge in [0.2, 0.25) is 0 Å². The molecule has 1 saturated heterocycles. The molecule has 2 atom stereocenters. The van der Waals surface area contributed by atoms with Gasteiger partial charge in [0, 0.05) is 30.6 Å². The van der Waals surface area contributed by atoms with Crippen LogP contribution in [0.15, 0.2) is 18.2 Å². The second-order valence-corrected chi connectivity index (χ2v) is 5.88. The fraction of sp³-hybridized carbons (Fsp3) is 0.562. The summed E-state index contributed by atoms with van der Waals surface area (Å²) in [7, 11) is 0. The molecule has 0 amide bonds. The molecular formula is C16H21N3O2. The van der Waals surface area contributed by atoms with E-state index in [1.807, 2.05) is 25.1 Å². The number of benzene rings is 1. The lowest BCUT2D eigenvalue weighted by atomic mass is 9.86. The van der Waals surface area contributed by atoms with Gasteiger partial charge >= 0.3 is 0 Å². The van der Waals surface area contributed by atoms with Crippen molar-refractivity contribution in [2.75, 3.05) is 18.5 Å². The van der Waals surface area contributed by atoms with E-state index in [2.05, 4.69) is 10.2 Å². The first kappa shape index (κ1) is 14.3. The lowest BCUT2D eigenvalue weighted by molar-refractivity contribution is -0.180. The molecule has 1 aliphatic carbocycles. The first-order valence-electron chi connectivity index (χ1n) is 7.40. The van der Waals surface area contributed by atoms with E-state index in [9.17, 15) is 0 Å². The van der Waals surface area contributed by atoms with Crippen molar-refractivity contribution < 1.29 is 9.47 Å². The molecule has 3 N–H and O–H groups in total. The van der Waals surface area contributed by atoms with Gasteiger partial charge in [-0.2, -0.15) is 0 Å². The van der Waals surface area contributed by atoms with Crippen molar-refractivity contribution in [2.24, 2.45) is 5.73 Å². The van der Waals surface area contributed by atoms with Gasteiger partial charge in [-0.25, -0.2) is 4.85 Å². The van der Waals surface area contributed by atoms with Gasteiger partial charge in [0.05, 0.1) is 19.8 Å². The summed E-state index contributed by atoms with van der Waals surface area (Å²) in [5.41, 5.74) is 9.00. The van der Waals surface area contributed by atoms with Crippen LogP contribution in [0.25, 0.3) is 4.85 Å². The van der Waals surface area contributed by atoms with Crippen LogP contribution in [0.3, 0.4) is 0 Å². The van der Waals surface area contributed by atoms with E-state index < -0.39 is 5.79 Å². The van der Waals surface area contributed by atoms with Crippen molar-refractivity contribution in [3.63, 3.8) is 0 Å². The molecule has 3 rings (SSSR count). The fourth-order valence-corrected chi connectivity index (χ4v) is 3.22. The van der Waals surface area contributed by atoms with Crippen LogP contribution in [0.4, 0.5) is 11.4 Å². The van der Waals surface area contributed by atoms with Gasteiger partial charge in [-0.3, -0.25) is 0 Å². The third-order valence-electron chi connectivity index (χ3n) is 4.38. The normalized spacial score (nSPS) is 27.5. The highest BCUT2D eigenvalue weighted by Gasteiger charge is 2.43. The Morgan fingerprint density at radius 1 is 1.38 bits per heavy atom. The number of hydrogen-bond donors (Lipinski definition) is 2. The number of rotatable bonds is 2. The quantitative estimate of drug-likeness (QED) is 0.821. The molecule has 0 aromatic heterocycles. The number of nitrogens with two attached hydrogens (primary N) is 1. The van der Waals surface area contributed by atoms with Crippen molar-refractivity contribution in [2.45, 2.75) is 44.1 Å². The molecule has 5 heteroatoms. The van der Waals surface area contributed by atoms with Crippen LogP contribution < -0.4 is 11.1 Å². The summed E-state index contributed by atoms with van der Waals surface area (Å²) in [4.78, 5) is 3.49. The van der Waals surface area contributed by atoms with Gasteiger partial charge in [-0.15, -0.1) is 0 Å². The molecule has 2 fully saturated rings. The van der Waals surface area contributed by atoms with E-state index in [4.69, 9.17) is 21.8 Å². The summed E-state index contributed by atoms with van der Waals surface area (Å²) >= 11 is 0. The van der Waals surface area contributed by atoms with E-state index in [0.29, 0.717) is 18.9 Å². The third kappa shape index (κ3) is 2.88. The molecule has 2 unspecified atom stereocenters. The van der Waals surface area contributed by atoms with Crippen molar-refractivity contribution in [3.05, 3.63) is 35.2 Å². The smallest absolute Gasteiger partial charge is 0.190 e.